The molecule has 2 N–H and O–H groups in total. The lowest BCUT2D eigenvalue weighted by atomic mass is 10.1. The molecule has 0 aromatic heterocycles. The molecule has 5 nitrogen and oxygen atoms in total. The van der Waals surface area contributed by atoms with Crippen molar-refractivity contribution in [1.82, 2.24) is 4.90 Å². The number of hydrogen-bond acceptors (Lipinski definition) is 5. The van der Waals surface area contributed by atoms with Gasteiger partial charge in [-0.1, -0.05) is 6.92 Å². The van der Waals surface area contributed by atoms with E-state index in [4.69, 9.17) is 10.5 Å². The average molecular weight is 291 g/mol. The van der Waals surface area contributed by atoms with Gasteiger partial charge in [0.05, 0.1) is 23.5 Å². The summed E-state index contributed by atoms with van der Waals surface area (Å²) in [5.74, 6) is -0.289. The highest BCUT2D eigenvalue weighted by atomic mass is 16.5. The number of nitrogen functional groups attached to an aromatic ring is 1. The molecule has 1 fully saturated rings. The van der Waals surface area contributed by atoms with Crippen LogP contribution in [0.5, 0.6) is 0 Å². The third kappa shape index (κ3) is 3.88. The summed E-state index contributed by atoms with van der Waals surface area (Å²) in [6.45, 7) is 9.50. The molecule has 1 aromatic carbocycles. The first-order valence-electron chi connectivity index (χ1n) is 7.69. The lowest BCUT2D eigenvalue weighted by Crippen LogP contribution is -2.46. The van der Waals surface area contributed by atoms with E-state index in [9.17, 15) is 4.79 Å². The highest BCUT2D eigenvalue weighted by Gasteiger charge is 2.19. The number of ether oxygens (including phenoxy) is 1. The number of rotatable bonds is 5. The van der Waals surface area contributed by atoms with Crippen LogP contribution in [0.15, 0.2) is 18.2 Å². The van der Waals surface area contributed by atoms with Crippen molar-refractivity contribution in [2.24, 2.45) is 0 Å². The number of nitrogens with two attached hydrogens (primary N) is 1. The molecule has 0 spiro atoms. The number of esters is 1. The second-order valence-electron chi connectivity index (χ2n) is 5.32. The number of anilines is 2. The number of hydrogen-bond donors (Lipinski definition) is 1. The van der Waals surface area contributed by atoms with Gasteiger partial charge in [-0.3, -0.25) is 4.90 Å². The van der Waals surface area contributed by atoms with Gasteiger partial charge in [0.1, 0.15) is 0 Å². The van der Waals surface area contributed by atoms with Crippen LogP contribution in [-0.2, 0) is 4.74 Å². The van der Waals surface area contributed by atoms with Crippen molar-refractivity contribution in [2.75, 3.05) is 50.0 Å². The van der Waals surface area contributed by atoms with Gasteiger partial charge in [0.25, 0.3) is 0 Å². The van der Waals surface area contributed by atoms with E-state index in [0.29, 0.717) is 17.9 Å². The standard InChI is InChI=1S/C16H25N3O2/c1-3-7-18-8-10-19(11-9-18)15-12-13(5-6-14(15)17)16(20)21-4-2/h5-6,12H,3-4,7-11,17H2,1-2H3. The molecular formula is C16H25N3O2. The van der Waals surface area contributed by atoms with E-state index in [-0.39, 0.29) is 5.97 Å². The summed E-state index contributed by atoms with van der Waals surface area (Å²) in [5, 5.41) is 0. The first kappa shape index (κ1) is 15.6. The molecule has 1 aliphatic heterocycles. The van der Waals surface area contributed by atoms with E-state index in [1.807, 2.05) is 13.0 Å². The number of piperazine rings is 1. The summed E-state index contributed by atoms with van der Waals surface area (Å²) in [4.78, 5) is 16.6. The molecule has 0 unspecified atom stereocenters. The Morgan fingerprint density at radius 1 is 1.24 bits per heavy atom. The van der Waals surface area contributed by atoms with Gasteiger partial charge in [0, 0.05) is 26.2 Å². The topological polar surface area (TPSA) is 58.8 Å². The summed E-state index contributed by atoms with van der Waals surface area (Å²) in [5.41, 5.74) is 8.30. The van der Waals surface area contributed by atoms with Crippen molar-refractivity contribution in [1.29, 1.82) is 0 Å². The number of nitrogens with zero attached hydrogens (tertiary/aromatic N) is 2. The number of carbonyl (C=O) groups is 1. The van der Waals surface area contributed by atoms with Crippen LogP contribution < -0.4 is 10.6 Å². The predicted molar refractivity (Wildman–Crippen MR) is 85.8 cm³/mol. The van der Waals surface area contributed by atoms with E-state index in [1.54, 1.807) is 12.1 Å². The second-order valence-corrected chi connectivity index (χ2v) is 5.32. The van der Waals surface area contributed by atoms with Gasteiger partial charge >= 0.3 is 5.97 Å². The monoisotopic (exact) mass is 291 g/mol. The third-order valence-corrected chi connectivity index (χ3v) is 3.79. The maximum absolute atomic E-state index is 11.8. The van der Waals surface area contributed by atoms with Gasteiger partial charge in [-0.15, -0.1) is 0 Å². The smallest absolute Gasteiger partial charge is 0.338 e. The minimum atomic E-state index is -0.289. The summed E-state index contributed by atoms with van der Waals surface area (Å²) in [6, 6.07) is 5.37. The predicted octanol–water partition coefficient (Wildman–Crippen LogP) is 1.98. The minimum Gasteiger partial charge on any atom is -0.462 e. The van der Waals surface area contributed by atoms with Crippen molar-refractivity contribution in [3.8, 4) is 0 Å². The zero-order chi connectivity index (χ0) is 15.2. The van der Waals surface area contributed by atoms with Crippen molar-refractivity contribution in [3.05, 3.63) is 23.8 Å². The highest BCUT2D eigenvalue weighted by molar-refractivity contribution is 5.92. The van der Waals surface area contributed by atoms with Crippen LogP contribution in [-0.4, -0.2) is 50.2 Å². The zero-order valence-electron chi connectivity index (χ0n) is 13.0. The van der Waals surface area contributed by atoms with Crippen molar-refractivity contribution in [3.63, 3.8) is 0 Å². The fraction of sp³-hybridized carbons (Fsp3) is 0.562. The zero-order valence-corrected chi connectivity index (χ0v) is 13.0. The average Bonchev–Trinajstić information content (AvgIpc) is 2.49. The third-order valence-electron chi connectivity index (χ3n) is 3.79. The van der Waals surface area contributed by atoms with Gasteiger partial charge in [-0.05, 0) is 38.1 Å². The van der Waals surface area contributed by atoms with Gasteiger partial charge < -0.3 is 15.4 Å². The first-order valence-corrected chi connectivity index (χ1v) is 7.69. The molecule has 1 aliphatic rings. The van der Waals surface area contributed by atoms with Gasteiger partial charge in [0.15, 0.2) is 0 Å². The molecule has 1 saturated heterocycles. The largest absolute Gasteiger partial charge is 0.462 e. The first-order chi connectivity index (χ1) is 10.2. The Labute approximate surface area is 126 Å². The Morgan fingerprint density at radius 3 is 2.57 bits per heavy atom. The Balaban J connectivity index is 2.09. The molecule has 116 valence electrons. The summed E-state index contributed by atoms with van der Waals surface area (Å²) >= 11 is 0. The molecule has 0 atom stereocenters. The van der Waals surface area contributed by atoms with Crippen LogP contribution in [0.2, 0.25) is 0 Å². The van der Waals surface area contributed by atoms with E-state index in [2.05, 4.69) is 16.7 Å². The van der Waals surface area contributed by atoms with Crippen molar-refractivity contribution < 1.29 is 9.53 Å². The van der Waals surface area contributed by atoms with Crippen LogP contribution in [0.4, 0.5) is 11.4 Å². The van der Waals surface area contributed by atoms with Crippen molar-refractivity contribution >= 4 is 17.3 Å². The maximum Gasteiger partial charge on any atom is 0.338 e. The molecule has 21 heavy (non-hydrogen) atoms. The number of benzene rings is 1. The van der Waals surface area contributed by atoms with E-state index < -0.39 is 0 Å². The Bertz CT molecular complexity index is 482. The lowest BCUT2D eigenvalue weighted by Gasteiger charge is -2.36. The summed E-state index contributed by atoms with van der Waals surface area (Å²) in [6.07, 6.45) is 1.18. The van der Waals surface area contributed by atoms with Gasteiger partial charge in [-0.25, -0.2) is 4.79 Å². The Morgan fingerprint density at radius 2 is 1.95 bits per heavy atom. The number of carbonyl (C=O) groups excluding carboxylic acids is 1. The fourth-order valence-electron chi connectivity index (χ4n) is 2.69. The molecule has 0 radical (unpaired) electrons. The summed E-state index contributed by atoms with van der Waals surface area (Å²) < 4.78 is 5.05. The fourth-order valence-corrected chi connectivity index (χ4v) is 2.69. The van der Waals surface area contributed by atoms with E-state index >= 15 is 0 Å². The highest BCUT2D eigenvalue weighted by Crippen LogP contribution is 2.26. The SMILES string of the molecule is CCCN1CCN(c2cc(C(=O)OCC)ccc2N)CC1. The Hall–Kier alpha value is -1.75. The maximum atomic E-state index is 11.8. The molecule has 1 heterocycles. The van der Waals surface area contributed by atoms with Crippen LogP contribution in [0.3, 0.4) is 0 Å². The molecule has 0 bridgehead atoms. The molecule has 5 heteroatoms. The summed E-state index contributed by atoms with van der Waals surface area (Å²) in [7, 11) is 0. The lowest BCUT2D eigenvalue weighted by molar-refractivity contribution is 0.0526. The molecule has 0 aliphatic carbocycles. The van der Waals surface area contributed by atoms with E-state index in [0.717, 1.165) is 38.4 Å². The minimum absolute atomic E-state index is 0.289. The molecule has 2 rings (SSSR count). The van der Waals surface area contributed by atoms with Crippen LogP contribution in [0, 0.1) is 0 Å². The van der Waals surface area contributed by atoms with E-state index in [1.165, 1.54) is 6.42 Å². The van der Waals surface area contributed by atoms with Gasteiger partial charge in [-0.2, -0.15) is 0 Å². The quantitative estimate of drug-likeness (QED) is 0.664. The molecule has 1 aromatic rings. The molecule has 0 amide bonds. The van der Waals surface area contributed by atoms with Crippen molar-refractivity contribution in [2.45, 2.75) is 20.3 Å². The molecular weight excluding hydrogens is 266 g/mol. The molecule has 0 saturated carbocycles. The van der Waals surface area contributed by atoms with Crippen LogP contribution >= 0.6 is 0 Å². The Kier molecular flexibility index (Phi) is 5.44. The van der Waals surface area contributed by atoms with Gasteiger partial charge in [0.2, 0.25) is 0 Å². The normalized spacial score (nSPS) is 16.0. The second kappa shape index (κ2) is 7.31. The van der Waals surface area contributed by atoms with Crippen LogP contribution in [0.1, 0.15) is 30.6 Å². The van der Waals surface area contributed by atoms with Crippen LogP contribution in [0.25, 0.3) is 0 Å².